The van der Waals surface area contributed by atoms with Gasteiger partial charge in [-0.2, -0.15) is 0 Å². The van der Waals surface area contributed by atoms with Gasteiger partial charge in [0.1, 0.15) is 23.0 Å². The van der Waals surface area contributed by atoms with Gasteiger partial charge in [0.15, 0.2) is 0 Å². The molecule has 1 aliphatic rings. The van der Waals surface area contributed by atoms with E-state index in [1.807, 2.05) is 97.1 Å². The molecule has 0 fully saturated rings. The lowest BCUT2D eigenvalue weighted by Crippen LogP contribution is -2.28. The normalized spacial score (nSPS) is 12.7. The third kappa shape index (κ3) is 4.37. The highest BCUT2D eigenvalue weighted by molar-refractivity contribution is 5.97. The van der Waals surface area contributed by atoms with Crippen LogP contribution in [0.3, 0.4) is 0 Å². The summed E-state index contributed by atoms with van der Waals surface area (Å²) in [6.07, 6.45) is 0. The molecule has 0 bridgehead atoms. The van der Waals surface area contributed by atoms with Gasteiger partial charge in [-0.1, -0.05) is 48.5 Å². The maximum absolute atomic E-state index is 6.70. The molecule has 0 heterocycles. The van der Waals surface area contributed by atoms with Crippen molar-refractivity contribution in [2.24, 2.45) is 0 Å². The van der Waals surface area contributed by atoms with Crippen molar-refractivity contribution < 1.29 is 9.47 Å². The Kier molecular flexibility index (Phi) is 6.17. The zero-order valence-corrected chi connectivity index (χ0v) is 23.3. The number of ether oxygens (including phenoxy) is 2. The molecule has 6 nitrogen and oxygen atoms in total. The fourth-order valence-corrected chi connectivity index (χ4v) is 6.19. The first-order valence-electron chi connectivity index (χ1n) is 14.0. The Bertz CT molecular complexity index is 1820. The molecule has 210 valence electrons. The van der Waals surface area contributed by atoms with Gasteiger partial charge in [0, 0.05) is 33.9 Å². The van der Waals surface area contributed by atoms with Crippen LogP contribution in [-0.2, 0) is 5.41 Å². The van der Waals surface area contributed by atoms with Gasteiger partial charge in [-0.15, -0.1) is 0 Å². The van der Waals surface area contributed by atoms with Crippen LogP contribution < -0.4 is 32.4 Å². The molecule has 0 saturated heterocycles. The zero-order chi connectivity index (χ0) is 29.6. The second-order valence-corrected chi connectivity index (χ2v) is 10.7. The molecule has 6 aromatic rings. The van der Waals surface area contributed by atoms with E-state index in [4.69, 9.17) is 32.4 Å². The molecular formula is C37H30N4O2. The van der Waals surface area contributed by atoms with Crippen LogP contribution in [-0.4, -0.2) is 0 Å². The smallest absolute Gasteiger partial charge is 0.127 e. The number of rotatable bonds is 6. The van der Waals surface area contributed by atoms with Gasteiger partial charge in [-0.3, -0.25) is 0 Å². The summed E-state index contributed by atoms with van der Waals surface area (Å²) >= 11 is 0. The lowest BCUT2D eigenvalue weighted by molar-refractivity contribution is 0.480. The summed E-state index contributed by atoms with van der Waals surface area (Å²) in [7, 11) is 0. The van der Waals surface area contributed by atoms with E-state index in [9.17, 15) is 0 Å². The largest absolute Gasteiger partial charge is 0.457 e. The Morgan fingerprint density at radius 3 is 1.21 bits per heavy atom. The van der Waals surface area contributed by atoms with Crippen molar-refractivity contribution in [3.63, 3.8) is 0 Å². The molecule has 0 aromatic heterocycles. The average molecular weight is 563 g/mol. The van der Waals surface area contributed by atoms with Crippen LogP contribution in [0.15, 0.2) is 133 Å². The number of hydrogen-bond donors (Lipinski definition) is 4. The molecule has 8 N–H and O–H groups in total. The summed E-state index contributed by atoms with van der Waals surface area (Å²) < 4.78 is 12.6. The van der Waals surface area contributed by atoms with E-state index in [0.29, 0.717) is 45.7 Å². The van der Waals surface area contributed by atoms with E-state index in [1.54, 1.807) is 0 Å². The Labute approximate surface area is 250 Å². The topological polar surface area (TPSA) is 123 Å². The number of nitrogens with two attached hydrogens (primary N) is 4. The quantitative estimate of drug-likeness (QED) is 0.153. The summed E-state index contributed by atoms with van der Waals surface area (Å²) in [6, 6.07) is 43.1. The van der Waals surface area contributed by atoms with E-state index in [-0.39, 0.29) is 0 Å². The van der Waals surface area contributed by atoms with Gasteiger partial charge in [-0.25, -0.2) is 0 Å². The average Bonchev–Trinajstić information content (AvgIpc) is 3.33. The van der Waals surface area contributed by atoms with Crippen molar-refractivity contribution in [3.8, 4) is 34.1 Å². The van der Waals surface area contributed by atoms with Crippen molar-refractivity contribution in [3.05, 3.63) is 156 Å². The highest BCUT2D eigenvalue weighted by Crippen LogP contribution is 2.59. The van der Waals surface area contributed by atoms with Gasteiger partial charge < -0.3 is 32.4 Å². The predicted molar refractivity (Wildman–Crippen MR) is 174 cm³/mol. The van der Waals surface area contributed by atoms with Crippen molar-refractivity contribution in [1.82, 2.24) is 0 Å². The summed E-state index contributed by atoms with van der Waals surface area (Å²) in [5.41, 5.74) is 33.1. The molecule has 1 aliphatic carbocycles. The van der Waals surface area contributed by atoms with Crippen LogP contribution in [0, 0.1) is 0 Å². The summed E-state index contributed by atoms with van der Waals surface area (Å²) in [6.45, 7) is 0. The first-order chi connectivity index (χ1) is 20.9. The van der Waals surface area contributed by atoms with E-state index >= 15 is 0 Å². The molecule has 0 spiro atoms. The maximum atomic E-state index is 6.70. The molecule has 7 rings (SSSR count). The number of nitrogen functional groups attached to an aromatic ring is 4. The zero-order valence-electron chi connectivity index (χ0n) is 23.3. The molecule has 6 heteroatoms. The summed E-state index contributed by atoms with van der Waals surface area (Å²) in [4.78, 5) is 0. The Morgan fingerprint density at radius 1 is 0.395 bits per heavy atom. The van der Waals surface area contributed by atoms with Crippen LogP contribution in [0.5, 0.6) is 23.0 Å². The Balaban J connectivity index is 1.46. The van der Waals surface area contributed by atoms with E-state index in [1.165, 1.54) is 0 Å². The number of anilines is 4. The van der Waals surface area contributed by atoms with Gasteiger partial charge in [-0.05, 0) is 107 Å². The van der Waals surface area contributed by atoms with Crippen molar-refractivity contribution in [1.29, 1.82) is 0 Å². The van der Waals surface area contributed by atoms with Crippen molar-refractivity contribution in [2.45, 2.75) is 5.41 Å². The molecule has 0 saturated carbocycles. The molecule has 0 unspecified atom stereocenters. The highest BCUT2D eigenvalue weighted by Gasteiger charge is 2.47. The molecule has 0 radical (unpaired) electrons. The molecule has 0 atom stereocenters. The highest BCUT2D eigenvalue weighted by atomic mass is 16.5. The van der Waals surface area contributed by atoms with Gasteiger partial charge in [0.25, 0.3) is 0 Å². The lowest BCUT2D eigenvalue weighted by Gasteiger charge is -2.34. The van der Waals surface area contributed by atoms with E-state index in [2.05, 4.69) is 36.4 Å². The first-order valence-corrected chi connectivity index (χ1v) is 14.0. The molecule has 43 heavy (non-hydrogen) atoms. The van der Waals surface area contributed by atoms with Crippen molar-refractivity contribution >= 4 is 22.7 Å². The minimum absolute atomic E-state index is 0.669. The molecule has 0 amide bonds. The van der Waals surface area contributed by atoms with Gasteiger partial charge >= 0.3 is 0 Å². The van der Waals surface area contributed by atoms with Crippen molar-refractivity contribution in [2.75, 3.05) is 22.9 Å². The minimum atomic E-state index is -0.767. The standard InChI is InChI=1S/C37H30N4O2/c38-25-13-17-27(18-14-25)42-29-7-1-5-23(21-29)37(24-6-2-8-30(22-24)43-28-19-15-26(39)16-20-28)31-9-3-11-33(40)35(31)36-32(37)10-4-12-34(36)41/h1-22H,38-41H2. The third-order valence-electron chi connectivity index (χ3n) is 8.02. The predicted octanol–water partition coefficient (Wildman–Crippen LogP) is 7.96. The van der Waals surface area contributed by atoms with Crippen LogP contribution in [0.1, 0.15) is 22.3 Å². The summed E-state index contributed by atoms with van der Waals surface area (Å²) in [5.74, 6) is 2.78. The maximum Gasteiger partial charge on any atom is 0.127 e. The second-order valence-electron chi connectivity index (χ2n) is 10.7. The summed E-state index contributed by atoms with van der Waals surface area (Å²) in [5, 5.41) is 0. The third-order valence-corrected chi connectivity index (χ3v) is 8.02. The van der Waals surface area contributed by atoms with Crippen LogP contribution in [0.4, 0.5) is 22.7 Å². The van der Waals surface area contributed by atoms with Crippen LogP contribution in [0.2, 0.25) is 0 Å². The number of hydrogen-bond acceptors (Lipinski definition) is 6. The van der Waals surface area contributed by atoms with E-state index in [0.717, 1.165) is 33.4 Å². The van der Waals surface area contributed by atoms with E-state index < -0.39 is 5.41 Å². The Hall–Kier alpha value is -5.88. The van der Waals surface area contributed by atoms with Crippen LogP contribution >= 0.6 is 0 Å². The molecule has 6 aromatic carbocycles. The molecule has 0 aliphatic heterocycles. The number of benzene rings is 6. The van der Waals surface area contributed by atoms with Gasteiger partial charge in [0.2, 0.25) is 0 Å². The minimum Gasteiger partial charge on any atom is -0.457 e. The SMILES string of the molecule is Nc1ccc(Oc2cccc(C3(c4cccc(Oc5ccc(N)cc5)c4)c4cccc(N)c4-c4c(N)cccc43)c2)cc1. The number of fused-ring (bicyclic) bond motifs is 3. The van der Waals surface area contributed by atoms with Gasteiger partial charge in [0.05, 0.1) is 5.41 Å². The van der Waals surface area contributed by atoms with Crippen LogP contribution in [0.25, 0.3) is 11.1 Å². The fourth-order valence-electron chi connectivity index (χ4n) is 6.19. The second kappa shape index (κ2) is 10.2. The lowest BCUT2D eigenvalue weighted by atomic mass is 9.67. The Morgan fingerprint density at radius 2 is 0.791 bits per heavy atom. The first kappa shape index (κ1) is 26.0. The fraction of sp³-hybridized carbons (Fsp3) is 0.0270. The molecular weight excluding hydrogens is 532 g/mol. The monoisotopic (exact) mass is 562 g/mol.